The summed E-state index contributed by atoms with van der Waals surface area (Å²) in [6, 6.07) is 0. The largest absolute Gasteiger partial charge is 0.147 e. The molecular formula is C18H34S2. The molecule has 1 aliphatic carbocycles. The van der Waals surface area contributed by atoms with Crippen molar-refractivity contribution in [2.75, 3.05) is 11.5 Å². The number of rotatable bonds is 6. The van der Waals surface area contributed by atoms with Crippen molar-refractivity contribution in [3.8, 4) is 0 Å². The summed E-state index contributed by atoms with van der Waals surface area (Å²) in [6.45, 7) is 7.19. The Morgan fingerprint density at radius 2 is 1.60 bits per heavy atom. The first-order valence-electron chi connectivity index (χ1n) is 8.90. The third-order valence-corrected chi connectivity index (χ3v) is 9.27. The highest BCUT2D eigenvalue weighted by Crippen LogP contribution is 2.49. The fourth-order valence-corrected chi connectivity index (χ4v) is 7.47. The van der Waals surface area contributed by atoms with Gasteiger partial charge >= 0.3 is 0 Å². The number of hydrogen-bond acceptors (Lipinski definition) is 2. The van der Waals surface area contributed by atoms with Gasteiger partial charge in [-0.15, -0.1) is 23.5 Å². The fourth-order valence-electron chi connectivity index (χ4n) is 3.83. The first-order valence-corrected chi connectivity index (χ1v) is 11.0. The third-order valence-electron chi connectivity index (χ3n) is 5.30. The molecule has 2 rings (SSSR count). The second kappa shape index (κ2) is 8.36. The second-order valence-electron chi connectivity index (χ2n) is 7.47. The number of hydrogen-bond donors (Lipinski definition) is 0. The lowest BCUT2D eigenvalue weighted by atomic mass is 9.81. The average molecular weight is 315 g/mol. The Morgan fingerprint density at radius 1 is 0.950 bits per heavy atom. The molecule has 0 N–H and O–H groups in total. The van der Waals surface area contributed by atoms with Gasteiger partial charge in [0.1, 0.15) is 0 Å². The van der Waals surface area contributed by atoms with Gasteiger partial charge in [0.2, 0.25) is 0 Å². The molecule has 1 aliphatic heterocycles. The Bertz CT molecular complexity index is 261. The van der Waals surface area contributed by atoms with Gasteiger partial charge in [0.15, 0.2) is 0 Å². The minimum absolute atomic E-state index is 0.626. The predicted molar refractivity (Wildman–Crippen MR) is 96.7 cm³/mol. The van der Waals surface area contributed by atoms with Crippen molar-refractivity contribution in [2.45, 2.75) is 83.1 Å². The van der Waals surface area contributed by atoms with Gasteiger partial charge in [-0.05, 0) is 36.5 Å². The van der Waals surface area contributed by atoms with Crippen LogP contribution in [0.5, 0.6) is 0 Å². The average Bonchev–Trinajstić information content (AvgIpc) is 2.47. The van der Waals surface area contributed by atoms with Crippen LogP contribution in [-0.4, -0.2) is 16.1 Å². The van der Waals surface area contributed by atoms with Crippen molar-refractivity contribution in [1.82, 2.24) is 0 Å². The van der Waals surface area contributed by atoms with Gasteiger partial charge in [-0.3, -0.25) is 0 Å². The molecule has 0 bridgehead atoms. The summed E-state index contributed by atoms with van der Waals surface area (Å²) >= 11 is 4.61. The van der Waals surface area contributed by atoms with E-state index < -0.39 is 0 Å². The summed E-state index contributed by atoms with van der Waals surface area (Å²) in [6.07, 6.45) is 13.2. The Kier molecular flexibility index (Phi) is 7.13. The summed E-state index contributed by atoms with van der Waals surface area (Å²) in [5.41, 5.74) is 0.626. The summed E-state index contributed by atoms with van der Waals surface area (Å²) in [5, 5.41) is 0. The molecule has 0 radical (unpaired) electrons. The van der Waals surface area contributed by atoms with E-state index in [2.05, 4.69) is 44.3 Å². The summed E-state index contributed by atoms with van der Waals surface area (Å²) < 4.78 is 0.923. The molecule has 1 heterocycles. The SMILES string of the molecule is CCCC[C@]1(C)CS[C@@H](C2CCC(CCC)CC2)SC1. The Balaban J connectivity index is 1.72. The van der Waals surface area contributed by atoms with Gasteiger partial charge in [-0.1, -0.05) is 59.3 Å². The van der Waals surface area contributed by atoms with Crippen LogP contribution >= 0.6 is 23.5 Å². The molecule has 20 heavy (non-hydrogen) atoms. The number of unbranched alkanes of at least 4 members (excludes halogenated alkanes) is 1. The van der Waals surface area contributed by atoms with E-state index >= 15 is 0 Å². The van der Waals surface area contributed by atoms with Crippen molar-refractivity contribution < 1.29 is 0 Å². The maximum atomic E-state index is 2.52. The maximum Gasteiger partial charge on any atom is 0.0531 e. The van der Waals surface area contributed by atoms with Crippen LogP contribution in [0.3, 0.4) is 0 Å². The molecule has 0 atom stereocenters. The van der Waals surface area contributed by atoms with Gasteiger partial charge in [0.25, 0.3) is 0 Å². The Morgan fingerprint density at radius 3 is 2.15 bits per heavy atom. The standard InChI is InChI=1S/C18H34S2/c1-4-6-12-18(3)13-19-17(20-14-18)16-10-8-15(7-5-2)9-11-16/h15-17H,4-14H2,1-3H3/t15?,16?,17-,18-. The van der Waals surface area contributed by atoms with Crippen LogP contribution in [0.2, 0.25) is 0 Å². The van der Waals surface area contributed by atoms with Crippen molar-refractivity contribution in [3.05, 3.63) is 0 Å². The summed E-state index contributed by atoms with van der Waals surface area (Å²) in [7, 11) is 0. The molecule has 0 aromatic carbocycles. The second-order valence-corrected chi connectivity index (χ2v) is 10.0. The van der Waals surface area contributed by atoms with Crippen molar-refractivity contribution in [3.63, 3.8) is 0 Å². The first kappa shape index (κ1) is 17.1. The molecular weight excluding hydrogens is 280 g/mol. The van der Waals surface area contributed by atoms with Crippen LogP contribution < -0.4 is 0 Å². The van der Waals surface area contributed by atoms with E-state index in [1.54, 1.807) is 0 Å². The van der Waals surface area contributed by atoms with Gasteiger partial charge in [-0.25, -0.2) is 0 Å². The minimum Gasteiger partial charge on any atom is -0.147 e. The number of thioether (sulfide) groups is 2. The quantitative estimate of drug-likeness (QED) is 0.542. The van der Waals surface area contributed by atoms with Crippen LogP contribution in [0.15, 0.2) is 0 Å². The zero-order valence-electron chi connectivity index (χ0n) is 13.8. The zero-order valence-corrected chi connectivity index (χ0v) is 15.5. The fraction of sp³-hybridized carbons (Fsp3) is 1.00. The molecule has 0 aromatic rings. The van der Waals surface area contributed by atoms with E-state index in [0.29, 0.717) is 5.41 Å². The normalized spacial score (nSPS) is 38.9. The van der Waals surface area contributed by atoms with E-state index in [-0.39, 0.29) is 0 Å². The highest BCUT2D eigenvalue weighted by Gasteiger charge is 2.36. The van der Waals surface area contributed by atoms with Gasteiger partial charge < -0.3 is 0 Å². The first-order chi connectivity index (χ1) is 9.67. The molecule has 2 aliphatic rings. The summed E-state index contributed by atoms with van der Waals surface area (Å²) in [4.78, 5) is 0. The third kappa shape index (κ3) is 4.87. The van der Waals surface area contributed by atoms with E-state index in [4.69, 9.17) is 0 Å². The molecule has 0 spiro atoms. The van der Waals surface area contributed by atoms with Gasteiger partial charge in [0.05, 0.1) is 4.58 Å². The highest BCUT2D eigenvalue weighted by molar-refractivity contribution is 8.17. The van der Waals surface area contributed by atoms with Crippen LogP contribution in [0.1, 0.15) is 78.6 Å². The summed E-state index contributed by atoms with van der Waals surface area (Å²) in [5.74, 6) is 4.91. The zero-order chi connectivity index (χ0) is 14.4. The molecule has 0 amide bonds. The maximum absolute atomic E-state index is 2.52. The molecule has 1 saturated heterocycles. The van der Waals surface area contributed by atoms with Crippen molar-refractivity contribution in [1.29, 1.82) is 0 Å². The molecule has 118 valence electrons. The van der Waals surface area contributed by atoms with E-state index in [1.165, 1.54) is 69.3 Å². The molecule has 2 heteroatoms. The molecule has 0 unspecified atom stereocenters. The van der Waals surface area contributed by atoms with Crippen LogP contribution in [0, 0.1) is 17.3 Å². The minimum atomic E-state index is 0.626. The Labute approximate surface area is 135 Å². The monoisotopic (exact) mass is 314 g/mol. The van der Waals surface area contributed by atoms with Crippen molar-refractivity contribution >= 4 is 23.5 Å². The van der Waals surface area contributed by atoms with E-state index in [0.717, 1.165) is 16.4 Å². The molecule has 1 saturated carbocycles. The molecule has 0 nitrogen and oxygen atoms in total. The predicted octanol–water partition coefficient (Wildman–Crippen LogP) is 6.60. The lowest BCUT2D eigenvalue weighted by molar-refractivity contribution is 0.272. The van der Waals surface area contributed by atoms with Gasteiger partial charge in [-0.2, -0.15) is 0 Å². The van der Waals surface area contributed by atoms with E-state index in [1.807, 2.05) is 0 Å². The van der Waals surface area contributed by atoms with Crippen molar-refractivity contribution in [2.24, 2.45) is 17.3 Å². The van der Waals surface area contributed by atoms with Gasteiger partial charge in [0, 0.05) is 11.5 Å². The van der Waals surface area contributed by atoms with Crippen LogP contribution in [-0.2, 0) is 0 Å². The Hall–Kier alpha value is 0.700. The topological polar surface area (TPSA) is 0 Å². The lowest BCUT2D eigenvalue weighted by Gasteiger charge is -2.41. The lowest BCUT2D eigenvalue weighted by Crippen LogP contribution is -2.33. The van der Waals surface area contributed by atoms with Crippen LogP contribution in [0.25, 0.3) is 0 Å². The highest BCUT2D eigenvalue weighted by atomic mass is 32.2. The van der Waals surface area contributed by atoms with E-state index in [9.17, 15) is 0 Å². The smallest absolute Gasteiger partial charge is 0.0531 e. The molecule has 0 aromatic heterocycles. The molecule has 2 fully saturated rings. The van der Waals surface area contributed by atoms with Crippen LogP contribution in [0.4, 0.5) is 0 Å².